The van der Waals surface area contributed by atoms with Crippen LogP contribution in [0.1, 0.15) is 18.4 Å². The summed E-state index contributed by atoms with van der Waals surface area (Å²) in [6, 6.07) is 7.93. The fourth-order valence-electron chi connectivity index (χ4n) is 2.72. The molecule has 2 aromatic rings. The first-order valence-corrected chi connectivity index (χ1v) is 8.75. The first-order chi connectivity index (χ1) is 9.40. The predicted molar refractivity (Wildman–Crippen MR) is 79.6 cm³/mol. The lowest BCUT2D eigenvalue weighted by atomic mass is 9.85. The van der Waals surface area contributed by atoms with Gasteiger partial charge in [-0.15, -0.1) is 11.3 Å². The molecule has 0 radical (unpaired) electrons. The molecular formula is C13H16N2O3S2. The quantitative estimate of drug-likeness (QED) is 0.879. The van der Waals surface area contributed by atoms with Gasteiger partial charge in [0.25, 0.3) is 10.2 Å². The maximum atomic E-state index is 11.3. The van der Waals surface area contributed by atoms with E-state index in [-0.39, 0.29) is 13.1 Å². The molecule has 7 heteroatoms. The summed E-state index contributed by atoms with van der Waals surface area (Å²) in [6.07, 6.45) is 0.730. The molecule has 0 saturated carbocycles. The van der Waals surface area contributed by atoms with Crippen LogP contribution in [0, 0.1) is 0 Å². The maximum Gasteiger partial charge on any atom is 0.276 e. The summed E-state index contributed by atoms with van der Waals surface area (Å²) in [7, 11) is -3.66. The summed E-state index contributed by atoms with van der Waals surface area (Å²) in [5.41, 5.74) is -0.0759. The molecular weight excluding hydrogens is 296 g/mol. The Morgan fingerprint density at radius 2 is 1.90 bits per heavy atom. The number of nitrogens with zero attached hydrogens (tertiary/aromatic N) is 1. The monoisotopic (exact) mass is 312 g/mol. The van der Waals surface area contributed by atoms with Crippen LogP contribution in [0.25, 0.3) is 10.1 Å². The minimum Gasteiger partial charge on any atom is -0.385 e. The van der Waals surface area contributed by atoms with Crippen molar-refractivity contribution in [2.45, 2.75) is 18.4 Å². The molecule has 1 aliphatic rings. The largest absolute Gasteiger partial charge is 0.385 e. The summed E-state index contributed by atoms with van der Waals surface area (Å²) in [4.78, 5) is 0. The van der Waals surface area contributed by atoms with Gasteiger partial charge in [-0.2, -0.15) is 12.7 Å². The third kappa shape index (κ3) is 2.36. The van der Waals surface area contributed by atoms with Crippen molar-refractivity contribution in [3.8, 4) is 0 Å². The van der Waals surface area contributed by atoms with Crippen LogP contribution in [-0.2, 0) is 15.8 Å². The zero-order valence-electron chi connectivity index (χ0n) is 10.8. The minimum absolute atomic E-state index is 0.250. The smallest absolute Gasteiger partial charge is 0.276 e. The second-order valence-corrected chi connectivity index (χ2v) is 7.58. The summed E-state index contributed by atoms with van der Waals surface area (Å²) in [6.45, 7) is 0.499. The van der Waals surface area contributed by atoms with E-state index in [1.807, 2.05) is 29.6 Å². The Labute approximate surface area is 121 Å². The molecule has 2 heterocycles. The van der Waals surface area contributed by atoms with Crippen molar-refractivity contribution in [2.75, 3.05) is 13.1 Å². The first-order valence-electron chi connectivity index (χ1n) is 6.37. The molecule has 1 aromatic carbocycles. The van der Waals surface area contributed by atoms with E-state index in [9.17, 15) is 13.5 Å². The number of aliphatic hydroxyl groups is 1. The van der Waals surface area contributed by atoms with Crippen molar-refractivity contribution in [3.63, 3.8) is 0 Å². The van der Waals surface area contributed by atoms with Crippen molar-refractivity contribution < 1.29 is 13.5 Å². The SMILES string of the molecule is NS(=O)(=O)N1CCC(O)(c2csc3ccccc23)CC1. The van der Waals surface area contributed by atoms with Crippen molar-refractivity contribution >= 4 is 31.6 Å². The van der Waals surface area contributed by atoms with Gasteiger partial charge in [-0.05, 0) is 29.7 Å². The van der Waals surface area contributed by atoms with Gasteiger partial charge in [0.15, 0.2) is 0 Å². The number of thiophene rings is 1. The molecule has 0 atom stereocenters. The van der Waals surface area contributed by atoms with Crippen LogP contribution < -0.4 is 5.14 Å². The highest BCUT2D eigenvalue weighted by Gasteiger charge is 2.38. The molecule has 0 bridgehead atoms. The van der Waals surface area contributed by atoms with Gasteiger partial charge in [-0.25, -0.2) is 5.14 Å². The van der Waals surface area contributed by atoms with Crippen LogP contribution in [0.4, 0.5) is 0 Å². The lowest BCUT2D eigenvalue weighted by Crippen LogP contribution is -2.47. The molecule has 1 aliphatic heterocycles. The summed E-state index contributed by atoms with van der Waals surface area (Å²) < 4.78 is 25.0. The summed E-state index contributed by atoms with van der Waals surface area (Å²) >= 11 is 1.60. The topological polar surface area (TPSA) is 83.6 Å². The highest BCUT2D eigenvalue weighted by atomic mass is 32.2. The van der Waals surface area contributed by atoms with Gasteiger partial charge in [0, 0.05) is 23.4 Å². The molecule has 3 N–H and O–H groups in total. The van der Waals surface area contributed by atoms with Crippen LogP contribution in [0.5, 0.6) is 0 Å². The summed E-state index contributed by atoms with van der Waals surface area (Å²) in [5, 5.41) is 19.0. The van der Waals surface area contributed by atoms with Crippen molar-refractivity contribution in [1.82, 2.24) is 4.31 Å². The van der Waals surface area contributed by atoms with Crippen molar-refractivity contribution in [1.29, 1.82) is 0 Å². The number of benzene rings is 1. The van der Waals surface area contributed by atoms with E-state index in [2.05, 4.69) is 0 Å². The normalized spacial score (nSPS) is 20.3. The lowest BCUT2D eigenvalue weighted by Gasteiger charge is -2.36. The number of fused-ring (bicyclic) bond motifs is 1. The molecule has 1 fully saturated rings. The highest BCUT2D eigenvalue weighted by molar-refractivity contribution is 7.86. The number of nitrogens with two attached hydrogens (primary N) is 1. The molecule has 0 unspecified atom stereocenters. The number of piperidine rings is 1. The molecule has 108 valence electrons. The Morgan fingerprint density at radius 3 is 2.55 bits per heavy atom. The fourth-order valence-corrected chi connectivity index (χ4v) is 4.46. The zero-order valence-corrected chi connectivity index (χ0v) is 12.5. The average Bonchev–Trinajstić information content (AvgIpc) is 2.82. The Bertz CT molecular complexity index is 731. The van der Waals surface area contributed by atoms with Crippen molar-refractivity contribution in [2.24, 2.45) is 5.14 Å². The third-order valence-corrected chi connectivity index (χ3v) is 5.94. The molecule has 0 spiro atoms. The number of rotatable bonds is 2. The minimum atomic E-state index is -3.66. The molecule has 1 aromatic heterocycles. The van der Waals surface area contributed by atoms with E-state index in [0.29, 0.717) is 12.8 Å². The van der Waals surface area contributed by atoms with Crippen LogP contribution in [0.15, 0.2) is 29.6 Å². The fraction of sp³-hybridized carbons (Fsp3) is 0.385. The zero-order chi connectivity index (χ0) is 14.4. The van der Waals surface area contributed by atoms with Gasteiger partial charge < -0.3 is 5.11 Å². The molecule has 5 nitrogen and oxygen atoms in total. The van der Waals surface area contributed by atoms with Crippen LogP contribution in [0.2, 0.25) is 0 Å². The van der Waals surface area contributed by atoms with Crippen LogP contribution in [0.3, 0.4) is 0 Å². The van der Waals surface area contributed by atoms with Gasteiger partial charge in [0.2, 0.25) is 0 Å². The van der Waals surface area contributed by atoms with E-state index in [1.54, 1.807) is 11.3 Å². The van der Waals surface area contributed by atoms with E-state index in [0.717, 1.165) is 15.6 Å². The number of hydrogen-bond acceptors (Lipinski definition) is 4. The highest BCUT2D eigenvalue weighted by Crippen LogP contribution is 2.39. The average molecular weight is 312 g/mol. The molecule has 0 amide bonds. The first kappa shape index (κ1) is 14.0. The van der Waals surface area contributed by atoms with Gasteiger partial charge in [0.1, 0.15) is 0 Å². The van der Waals surface area contributed by atoms with Gasteiger partial charge in [-0.3, -0.25) is 0 Å². The predicted octanol–water partition coefficient (Wildman–Crippen LogP) is 1.39. The molecule has 1 saturated heterocycles. The second kappa shape index (κ2) is 4.78. The van der Waals surface area contributed by atoms with E-state index >= 15 is 0 Å². The van der Waals surface area contributed by atoms with Gasteiger partial charge in [0.05, 0.1) is 5.60 Å². The Morgan fingerprint density at radius 1 is 1.25 bits per heavy atom. The maximum absolute atomic E-state index is 11.3. The van der Waals surface area contributed by atoms with Crippen LogP contribution in [-0.4, -0.2) is 30.9 Å². The number of hydrogen-bond donors (Lipinski definition) is 2. The Hall–Kier alpha value is -0.990. The Balaban J connectivity index is 1.91. The third-order valence-electron chi connectivity index (χ3n) is 3.89. The van der Waals surface area contributed by atoms with E-state index in [1.165, 1.54) is 4.31 Å². The summed E-state index contributed by atoms with van der Waals surface area (Å²) in [5.74, 6) is 0. The van der Waals surface area contributed by atoms with Crippen LogP contribution >= 0.6 is 11.3 Å². The van der Waals surface area contributed by atoms with E-state index < -0.39 is 15.8 Å². The van der Waals surface area contributed by atoms with E-state index in [4.69, 9.17) is 5.14 Å². The van der Waals surface area contributed by atoms with Gasteiger partial charge >= 0.3 is 0 Å². The second-order valence-electron chi connectivity index (χ2n) is 5.12. The van der Waals surface area contributed by atoms with Crippen molar-refractivity contribution in [3.05, 3.63) is 35.2 Å². The van der Waals surface area contributed by atoms with Gasteiger partial charge in [-0.1, -0.05) is 18.2 Å². The molecule has 3 rings (SSSR count). The Kier molecular flexibility index (Phi) is 3.34. The molecule has 20 heavy (non-hydrogen) atoms. The molecule has 0 aliphatic carbocycles. The standard InChI is InChI=1S/C13H16N2O3S2/c14-20(17,18)15-7-5-13(16,6-8-15)11-9-19-12-4-2-1-3-10(11)12/h1-4,9,16H,5-8H2,(H2,14,17,18). The lowest BCUT2D eigenvalue weighted by molar-refractivity contribution is -0.00799.